The van der Waals surface area contributed by atoms with Crippen molar-refractivity contribution in [1.29, 1.82) is 0 Å². The first-order valence-electron chi connectivity index (χ1n) is 4.05. The molecule has 2 rings (SSSR count). The Hall–Kier alpha value is -1.18. The van der Waals surface area contributed by atoms with Crippen LogP contribution in [0.25, 0.3) is 0 Å². The summed E-state index contributed by atoms with van der Waals surface area (Å²) in [5, 5.41) is 18.4. The van der Waals surface area contributed by atoms with Crippen molar-refractivity contribution >= 4 is 40.4 Å². The number of halogens is 1. The van der Waals surface area contributed by atoms with Gasteiger partial charge in [-0.1, -0.05) is 40.8 Å². The zero-order valence-electron chi connectivity index (χ0n) is 7.66. The van der Waals surface area contributed by atoms with Crippen molar-refractivity contribution in [2.75, 3.05) is 0 Å². The molecular formula is C8H4ClN3O2S2. The second kappa shape index (κ2) is 4.77. The van der Waals surface area contributed by atoms with E-state index in [1.165, 1.54) is 29.2 Å². The predicted octanol–water partition coefficient (Wildman–Crippen LogP) is 3.25. The van der Waals surface area contributed by atoms with Crippen LogP contribution in [0, 0.1) is 10.1 Å². The van der Waals surface area contributed by atoms with E-state index in [9.17, 15) is 10.1 Å². The summed E-state index contributed by atoms with van der Waals surface area (Å²) >= 11 is 8.28. The normalized spacial score (nSPS) is 10.3. The first kappa shape index (κ1) is 11.3. The van der Waals surface area contributed by atoms with Crippen LogP contribution < -0.4 is 0 Å². The molecule has 8 heteroatoms. The molecule has 0 fully saturated rings. The van der Waals surface area contributed by atoms with E-state index in [-0.39, 0.29) is 10.7 Å². The second-order valence-corrected chi connectivity index (χ2v) is 5.18. The number of aromatic nitrogens is 2. The molecule has 82 valence electrons. The van der Waals surface area contributed by atoms with E-state index in [4.69, 9.17) is 11.6 Å². The van der Waals surface area contributed by atoms with Crippen molar-refractivity contribution < 1.29 is 4.92 Å². The van der Waals surface area contributed by atoms with Crippen molar-refractivity contribution in [3.8, 4) is 0 Å². The first-order chi connectivity index (χ1) is 7.68. The highest BCUT2D eigenvalue weighted by Crippen LogP contribution is 2.39. The highest BCUT2D eigenvalue weighted by molar-refractivity contribution is 8.01. The van der Waals surface area contributed by atoms with Gasteiger partial charge in [-0.3, -0.25) is 10.1 Å². The average molecular weight is 274 g/mol. The van der Waals surface area contributed by atoms with Crippen molar-refractivity contribution in [3.63, 3.8) is 0 Å². The third-order valence-corrected chi connectivity index (χ3v) is 3.80. The summed E-state index contributed by atoms with van der Waals surface area (Å²) in [6.45, 7) is 0. The molecular weight excluding hydrogens is 270 g/mol. The smallest absolute Gasteiger partial charge is 0.258 e. The molecule has 0 bridgehead atoms. The van der Waals surface area contributed by atoms with Crippen LogP contribution in [-0.4, -0.2) is 15.1 Å². The number of nitro benzene ring substituents is 1. The Kier molecular flexibility index (Phi) is 3.37. The summed E-state index contributed by atoms with van der Waals surface area (Å²) in [6, 6.07) is 4.79. The molecule has 1 heterocycles. The second-order valence-electron chi connectivity index (χ2n) is 2.65. The number of nitrogens with zero attached hydrogens (tertiary/aromatic N) is 3. The quantitative estimate of drug-likeness (QED) is 0.634. The van der Waals surface area contributed by atoms with Gasteiger partial charge in [-0.2, -0.15) is 0 Å². The van der Waals surface area contributed by atoms with Crippen LogP contribution in [0.4, 0.5) is 5.69 Å². The fraction of sp³-hybridized carbons (Fsp3) is 0. The molecule has 0 spiro atoms. The van der Waals surface area contributed by atoms with E-state index in [0.29, 0.717) is 9.24 Å². The van der Waals surface area contributed by atoms with Crippen molar-refractivity contribution in [3.05, 3.63) is 38.8 Å². The van der Waals surface area contributed by atoms with Gasteiger partial charge in [0.1, 0.15) is 10.5 Å². The van der Waals surface area contributed by atoms with Gasteiger partial charge in [0.15, 0.2) is 4.34 Å². The van der Waals surface area contributed by atoms with Gasteiger partial charge < -0.3 is 0 Å². The number of hydrogen-bond donors (Lipinski definition) is 0. The Balaban J connectivity index is 2.40. The van der Waals surface area contributed by atoms with Gasteiger partial charge in [0.2, 0.25) is 0 Å². The summed E-state index contributed by atoms with van der Waals surface area (Å²) in [7, 11) is 0. The Labute approximate surface area is 104 Å². The topological polar surface area (TPSA) is 68.9 Å². The molecule has 0 atom stereocenters. The minimum atomic E-state index is -0.494. The molecule has 0 aliphatic rings. The number of hydrogen-bond acceptors (Lipinski definition) is 6. The van der Waals surface area contributed by atoms with Gasteiger partial charge in [-0.25, -0.2) is 0 Å². The molecule has 1 aromatic heterocycles. The van der Waals surface area contributed by atoms with Crippen molar-refractivity contribution in [1.82, 2.24) is 10.2 Å². The molecule has 2 aromatic rings. The summed E-state index contributed by atoms with van der Waals surface area (Å²) in [5.74, 6) is 0. The van der Waals surface area contributed by atoms with Crippen molar-refractivity contribution in [2.24, 2.45) is 0 Å². The Morgan fingerprint density at radius 2 is 2.31 bits per heavy atom. The Morgan fingerprint density at radius 1 is 1.50 bits per heavy atom. The zero-order chi connectivity index (χ0) is 11.5. The third-order valence-electron chi connectivity index (χ3n) is 1.67. The van der Waals surface area contributed by atoms with Crippen molar-refractivity contribution in [2.45, 2.75) is 9.24 Å². The molecule has 0 unspecified atom stereocenters. The SMILES string of the molecule is O=[N+]([O-])c1c(Cl)cccc1Sc1nncs1. The minimum Gasteiger partial charge on any atom is -0.258 e. The third kappa shape index (κ3) is 2.31. The maximum atomic E-state index is 10.8. The summed E-state index contributed by atoms with van der Waals surface area (Å²) in [4.78, 5) is 10.8. The number of nitro groups is 1. The van der Waals surface area contributed by atoms with Crippen LogP contribution in [-0.2, 0) is 0 Å². The van der Waals surface area contributed by atoms with E-state index in [0.717, 1.165) is 0 Å². The summed E-state index contributed by atoms with van der Waals surface area (Å²) < 4.78 is 0.644. The molecule has 0 saturated carbocycles. The van der Waals surface area contributed by atoms with Gasteiger partial charge in [-0.15, -0.1) is 10.2 Å². The van der Waals surface area contributed by atoms with Gasteiger partial charge in [0.05, 0.1) is 9.82 Å². The lowest BCUT2D eigenvalue weighted by Gasteiger charge is -2.00. The largest absolute Gasteiger partial charge is 0.301 e. The molecule has 0 saturated heterocycles. The minimum absolute atomic E-state index is 0.0932. The van der Waals surface area contributed by atoms with E-state index in [1.54, 1.807) is 17.6 Å². The maximum Gasteiger partial charge on any atom is 0.301 e. The molecule has 0 aliphatic heterocycles. The summed E-state index contributed by atoms with van der Waals surface area (Å²) in [6.07, 6.45) is 0. The zero-order valence-corrected chi connectivity index (χ0v) is 10.1. The molecule has 0 radical (unpaired) electrons. The average Bonchev–Trinajstić information content (AvgIpc) is 2.70. The molecule has 0 N–H and O–H groups in total. The van der Waals surface area contributed by atoms with E-state index in [1.807, 2.05) is 0 Å². The Morgan fingerprint density at radius 3 is 2.94 bits per heavy atom. The number of rotatable bonds is 3. The van der Waals surface area contributed by atoms with Crippen LogP contribution in [0.2, 0.25) is 5.02 Å². The van der Waals surface area contributed by atoms with Gasteiger partial charge in [-0.05, 0) is 12.1 Å². The van der Waals surface area contributed by atoms with Gasteiger partial charge >= 0.3 is 5.69 Å². The molecule has 0 aliphatic carbocycles. The first-order valence-corrected chi connectivity index (χ1v) is 6.13. The number of benzene rings is 1. The lowest BCUT2D eigenvalue weighted by Crippen LogP contribution is -1.91. The van der Waals surface area contributed by atoms with Crippen LogP contribution in [0.1, 0.15) is 0 Å². The van der Waals surface area contributed by atoms with Gasteiger partial charge in [0, 0.05) is 0 Å². The molecule has 5 nitrogen and oxygen atoms in total. The predicted molar refractivity (Wildman–Crippen MR) is 62.1 cm³/mol. The molecule has 1 aromatic carbocycles. The molecule has 16 heavy (non-hydrogen) atoms. The van der Waals surface area contributed by atoms with Crippen LogP contribution in [0.3, 0.4) is 0 Å². The highest BCUT2D eigenvalue weighted by Gasteiger charge is 2.19. The summed E-state index contributed by atoms with van der Waals surface area (Å²) in [5.41, 5.74) is 1.47. The van der Waals surface area contributed by atoms with Crippen LogP contribution in [0.15, 0.2) is 32.9 Å². The van der Waals surface area contributed by atoms with Gasteiger partial charge in [0.25, 0.3) is 0 Å². The fourth-order valence-corrected chi connectivity index (χ4v) is 2.93. The lowest BCUT2D eigenvalue weighted by molar-refractivity contribution is -0.387. The van der Waals surface area contributed by atoms with Crippen LogP contribution in [0.5, 0.6) is 0 Å². The molecule has 0 amide bonds. The maximum absolute atomic E-state index is 10.8. The standard InChI is InChI=1S/C8H4ClN3O2S2/c9-5-2-1-3-6(7(5)12(13)14)16-8-11-10-4-15-8/h1-4H. The number of para-hydroxylation sites is 1. The van der Waals surface area contributed by atoms with E-state index in [2.05, 4.69) is 10.2 Å². The lowest BCUT2D eigenvalue weighted by atomic mass is 10.3. The highest BCUT2D eigenvalue weighted by atomic mass is 35.5. The van der Waals surface area contributed by atoms with E-state index >= 15 is 0 Å². The fourth-order valence-electron chi connectivity index (χ4n) is 1.06. The monoisotopic (exact) mass is 273 g/mol. The van der Waals surface area contributed by atoms with Crippen LogP contribution >= 0.6 is 34.7 Å². The Bertz CT molecular complexity index is 518. The van der Waals surface area contributed by atoms with E-state index < -0.39 is 4.92 Å².